The summed E-state index contributed by atoms with van der Waals surface area (Å²) in [5.74, 6) is 0.627. The third kappa shape index (κ3) is 5.33. The van der Waals surface area contributed by atoms with E-state index in [1.807, 2.05) is 30.6 Å². The molecule has 0 amide bonds. The van der Waals surface area contributed by atoms with Gasteiger partial charge in [0.25, 0.3) is 0 Å². The van der Waals surface area contributed by atoms with Crippen molar-refractivity contribution in [3.63, 3.8) is 0 Å². The largest absolute Gasteiger partial charge is 0.478 e. The van der Waals surface area contributed by atoms with Gasteiger partial charge in [0.15, 0.2) is 0 Å². The lowest BCUT2D eigenvalue weighted by atomic mass is 10.1. The van der Waals surface area contributed by atoms with Gasteiger partial charge in [0.2, 0.25) is 5.88 Å². The Morgan fingerprint density at radius 3 is 2.86 bits per heavy atom. The first-order valence-corrected chi connectivity index (χ1v) is 7.54. The van der Waals surface area contributed by atoms with E-state index in [1.165, 1.54) is 5.56 Å². The zero-order valence-corrected chi connectivity index (χ0v) is 12.9. The number of rotatable bonds is 8. The molecule has 0 bridgehead atoms. The molecule has 0 saturated carbocycles. The lowest BCUT2D eigenvalue weighted by Crippen LogP contribution is -2.12. The molecule has 0 aliphatic heterocycles. The Morgan fingerprint density at radius 2 is 2.10 bits per heavy atom. The second-order valence-corrected chi connectivity index (χ2v) is 5.11. The number of halogens is 1. The minimum absolute atomic E-state index is 0.627. The Balaban J connectivity index is 1.80. The number of ether oxygens (including phenoxy) is 1. The van der Waals surface area contributed by atoms with Crippen LogP contribution in [0.4, 0.5) is 0 Å². The van der Waals surface area contributed by atoms with Crippen LogP contribution in [0.3, 0.4) is 0 Å². The highest BCUT2D eigenvalue weighted by atomic mass is 35.5. The van der Waals surface area contributed by atoms with Crippen LogP contribution in [-0.4, -0.2) is 23.1 Å². The van der Waals surface area contributed by atoms with E-state index in [-0.39, 0.29) is 0 Å². The first-order chi connectivity index (χ1) is 10.3. The van der Waals surface area contributed by atoms with Crippen LogP contribution >= 0.6 is 11.6 Å². The molecule has 0 aliphatic rings. The highest BCUT2D eigenvalue weighted by molar-refractivity contribution is 6.31. The molecule has 0 aromatic carbocycles. The Labute approximate surface area is 130 Å². The third-order valence-corrected chi connectivity index (χ3v) is 3.42. The first-order valence-electron chi connectivity index (χ1n) is 7.16. The van der Waals surface area contributed by atoms with Gasteiger partial charge in [-0.15, -0.1) is 0 Å². The minimum atomic E-state index is 0.627. The first kappa shape index (κ1) is 15.7. The molecular weight excluding hydrogens is 286 g/mol. The lowest BCUT2D eigenvalue weighted by molar-refractivity contribution is 0.299. The summed E-state index contributed by atoms with van der Waals surface area (Å²) < 4.78 is 5.69. The molecule has 112 valence electrons. The number of pyridine rings is 2. The standard InChI is InChI=1S/C16H20ClN3O/c1-2-18-11-14-10-16(20-12-15(14)17)21-9-3-4-13-5-7-19-8-6-13/h5-8,10,12,18H,2-4,9,11H2,1H3. The second-order valence-electron chi connectivity index (χ2n) is 4.70. The van der Waals surface area contributed by atoms with Gasteiger partial charge in [0.05, 0.1) is 11.6 Å². The monoisotopic (exact) mass is 305 g/mol. The minimum Gasteiger partial charge on any atom is -0.478 e. The highest BCUT2D eigenvalue weighted by Gasteiger charge is 2.04. The van der Waals surface area contributed by atoms with E-state index in [1.54, 1.807) is 6.20 Å². The van der Waals surface area contributed by atoms with Gasteiger partial charge in [-0.25, -0.2) is 4.98 Å². The van der Waals surface area contributed by atoms with E-state index < -0.39 is 0 Å². The Bertz CT molecular complexity index is 548. The van der Waals surface area contributed by atoms with E-state index >= 15 is 0 Å². The molecule has 0 fully saturated rings. The van der Waals surface area contributed by atoms with Gasteiger partial charge in [0, 0.05) is 31.2 Å². The zero-order chi connectivity index (χ0) is 14.9. The summed E-state index contributed by atoms with van der Waals surface area (Å²) in [5, 5.41) is 3.91. The van der Waals surface area contributed by atoms with Gasteiger partial charge in [-0.2, -0.15) is 0 Å². The van der Waals surface area contributed by atoms with Crippen molar-refractivity contribution in [2.24, 2.45) is 0 Å². The molecule has 2 aromatic rings. The number of aromatic nitrogens is 2. The van der Waals surface area contributed by atoms with Gasteiger partial charge in [-0.1, -0.05) is 18.5 Å². The van der Waals surface area contributed by atoms with Crippen molar-refractivity contribution in [3.05, 3.63) is 52.9 Å². The van der Waals surface area contributed by atoms with Crippen LogP contribution in [-0.2, 0) is 13.0 Å². The Hall–Kier alpha value is -1.65. The zero-order valence-electron chi connectivity index (χ0n) is 12.2. The van der Waals surface area contributed by atoms with Crippen molar-refractivity contribution >= 4 is 11.6 Å². The number of aryl methyl sites for hydroxylation is 1. The summed E-state index contributed by atoms with van der Waals surface area (Å²) in [6, 6.07) is 5.95. The van der Waals surface area contributed by atoms with Crippen LogP contribution in [0.25, 0.3) is 0 Å². The van der Waals surface area contributed by atoms with Crippen LogP contribution < -0.4 is 10.1 Å². The fourth-order valence-electron chi connectivity index (χ4n) is 1.94. The second kappa shape index (κ2) is 8.60. The lowest BCUT2D eigenvalue weighted by Gasteiger charge is -2.09. The van der Waals surface area contributed by atoms with Crippen molar-refractivity contribution in [1.82, 2.24) is 15.3 Å². The van der Waals surface area contributed by atoms with Crippen LogP contribution in [0.1, 0.15) is 24.5 Å². The molecular formula is C16H20ClN3O. The predicted octanol–water partition coefficient (Wildman–Crippen LogP) is 3.25. The number of hydrogen-bond acceptors (Lipinski definition) is 4. The molecule has 0 aliphatic carbocycles. The molecule has 2 heterocycles. The van der Waals surface area contributed by atoms with E-state index in [2.05, 4.69) is 22.2 Å². The molecule has 0 radical (unpaired) electrons. The third-order valence-electron chi connectivity index (χ3n) is 3.08. The molecule has 0 saturated heterocycles. The molecule has 21 heavy (non-hydrogen) atoms. The van der Waals surface area contributed by atoms with Crippen molar-refractivity contribution < 1.29 is 4.74 Å². The molecule has 0 unspecified atom stereocenters. The van der Waals surface area contributed by atoms with Crippen molar-refractivity contribution in [1.29, 1.82) is 0 Å². The highest BCUT2D eigenvalue weighted by Crippen LogP contribution is 2.19. The van der Waals surface area contributed by atoms with Crippen LogP contribution in [0.2, 0.25) is 5.02 Å². The molecule has 5 heteroatoms. The fourth-order valence-corrected chi connectivity index (χ4v) is 2.11. The molecule has 0 spiro atoms. The van der Waals surface area contributed by atoms with Gasteiger partial charge in [0.1, 0.15) is 0 Å². The van der Waals surface area contributed by atoms with Gasteiger partial charge < -0.3 is 10.1 Å². The van der Waals surface area contributed by atoms with Gasteiger partial charge >= 0.3 is 0 Å². The average Bonchev–Trinajstić information content (AvgIpc) is 2.52. The predicted molar refractivity (Wildman–Crippen MR) is 84.7 cm³/mol. The fraction of sp³-hybridized carbons (Fsp3) is 0.375. The number of hydrogen-bond donors (Lipinski definition) is 1. The van der Waals surface area contributed by atoms with E-state index in [0.29, 0.717) is 17.5 Å². The Kier molecular flexibility index (Phi) is 6.44. The normalized spacial score (nSPS) is 10.6. The molecule has 1 N–H and O–H groups in total. The van der Waals surface area contributed by atoms with Crippen molar-refractivity contribution in [2.45, 2.75) is 26.3 Å². The SMILES string of the molecule is CCNCc1cc(OCCCc2ccncc2)ncc1Cl. The Morgan fingerprint density at radius 1 is 1.29 bits per heavy atom. The quantitative estimate of drug-likeness (QED) is 0.761. The smallest absolute Gasteiger partial charge is 0.213 e. The number of nitrogens with one attached hydrogen (secondary N) is 1. The van der Waals surface area contributed by atoms with Crippen LogP contribution in [0.5, 0.6) is 5.88 Å². The molecule has 2 aromatic heterocycles. The van der Waals surface area contributed by atoms with Crippen molar-refractivity contribution in [2.75, 3.05) is 13.2 Å². The average molecular weight is 306 g/mol. The maximum absolute atomic E-state index is 6.11. The molecule has 4 nitrogen and oxygen atoms in total. The van der Waals surface area contributed by atoms with Crippen LogP contribution in [0, 0.1) is 0 Å². The molecule has 0 atom stereocenters. The van der Waals surface area contributed by atoms with Crippen LogP contribution in [0.15, 0.2) is 36.8 Å². The van der Waals surface area contributed by atoms with Gasteiger partial charge in [-0.05, 0) is 42.6 Å². The topological polar surface area (TPSA) is 47.0 Å². The van der Waals surface area contributed by atoms with E-state index in [0.717, 1.165) is 31.5 Å². The van der Waals surface area contributed by atoms with E-state index in [4.69, 9.17) is 16.3 Å². The summed E-state index contributed by atoms with van der Waals surface area (Å²) in [7, 11) is 0. The van der Waals surface area contributed by atoms with E-state index in [9.17, 15) is 0 Å². The summed E-state index contributed by atoms with van der Waals surface area (Å²) in [6.45, 7) is 4.33. The number of nitrogens with zero attached hydrogens (tertiary/aromatic N) is 2. The summed E-state index contributed by atoms with van der Waals surface area (Å²) in [5.41, 5.74) is 2.28. The molecule has 2 rings (SSSR count). The summed E-state index contributed by atoms with van der Waals surface area (Å²) in [6.07, 6.45) is 7.18. The maximum Gasteiger partial charge on any atom is 0.213 e. The maximum atomic E-state index is 6.11. The summed E-state index contributed by atoms with van der Waals surface area (Å²) >= 11 is 6.11. The summed E-state index contributed by atoms with van der Waals surface area (Å²) in [4.78, 5) is 8.20. The van der Waals surface area contributed by atoms with Gasteiger partial charge in [-0.3, -0.25) is 4.98 Å². The van der Waals surface area contributed by atoms with Crippen molar-refractivity contribution in [3.8, 4) is 5.88 Å².